The average Bonchev–Trinajstić information content (AvgIpc) is 2.30. The first-order valence-electron chi connectivity index (χ1n) is 5.35. The van der Waals surface area contributed by atoms with E-state index in [-0.39, 0.29) is 0 Å². The zero-order valence-electron chi connectivity index (χ0n) is 10.9. The Bertz CT molecular complexity index is 447. The molecule has 4 nitrogen and oxygen atoms in total. The molecule has 0 unspecified atom stereocenters. The van der Waals surface area contributed by atoms with Crippen LogP contribution in [0.3, 0.4) is 0 Å². The van der Waals surface area contributed by atoms with E-state index in [4.69, 9.17) is 14.7 Å². The number of rotatable bonds is 4. The van der Waals surface area contributed by atoms with Crippen LogP contribution < -0.4 is 14.8 Å². The van der Waals surface area contributed by atoms with Gasteiger partial charge in [-0.3, -0.25) is 0 Å². The molecule has 4 heteroatoms. The molecule has 0 atom stereocenters. The number of benzene rings is 1. The van der Waals surface area contributed by atoms with E-state index in [0.717, 1.165) is 17.0 Å². The Balaban J connectivity index is 3.18. The van der Waals surface area contributed by atoms with Crippen molar-refractivity contribution in [2.24, 2.45) is 0 Å². The van der Waals surface area contributed by atoms with Crippen LogP contribution in [0.5, 0.6) is 11.5 Å². The van der Waals surface area contributed by atoms with Gasteiger partial charge in [-0.1, -0.05) is 0 Å². The van der Waals surface area contributed by atoms with Gasteiger partial charge < -0.3 is 14.8 Å². The van der Waals surface area contributed by atoms with Crippen molar-refractivity contribution in [3.05, 3.63) is 17.7 Å². The largest absolute Gasteiger partial charge is 0.496 e. The van der Waals surface area contributed by atoms with Crippen LogP contribution >= 0.6 is 0 Å². The second-order valence-corrected chi connectivity index (χ2v) is 4.38. The lowest BCUT2D eigenvalue weighted by atomic mass is 10.1. The van der Waals surface area contributed by atoms with Crippen molar-refractivity contribution in [3.8, 4) is 17.6 Å². The van der Waals surface area contributed by atoms with E-state index in [1.165, 1.54) is 0 Å². The third kappa shape index (κ3) is 3.04. The second kappa shape index (κ2) is 4.96. The van der Waals surface area contributed by atoms with E-state index in [1.54, 1.807) is 28.1 Å². The summed E-state index contributed by atoms with van der Waals surface area (Å²) in [6.45, 7) is 5.55. The van der Waals surface area contributed by atoms with Gasteiger partial charge in [-0.25, -0.2) is 0 Å². The van der Waals surface area contributed by atoms with Gasteiger partial charge >= 0.3 is 0 Å². The molecule has 0 aliphatic heterocycles. The molecule has 0 radical (unpaired) electrons. The van der Waals surface area contributed by atoms with Crippen molar-refractivity contribution >= 4 is 5.69 Å². The predicted octanol–water partition coefficient (Wildman–Crippen LogP) is 2.73. The molecule has 17 heavy (non-hydrogen) atoms. The van der Waals surface area contributed by atoms with Crippen LogP contribution in [0.2, 0.25) is 0 Å². The van der Waals surface area contributed by atoms with Crippen molar-refractivity contribution in [1.82, 2.24) is 0 Å². The normalized spacial score (nSPS) is 10.6. The molecule has 1 N–H and O–H groups in total. The average molecular weight is 234 g/mol. The summed E-state index contributed by atoms with van der Waals surface area (Å²) >= 11 is 0. The van der Waals surface area contributed by atoms with Gasteiger partial charge in [0.2, 0.25) is 0 Å². The fraction of sp³-hybridized carbons (Fsp3) is 0.462. The highest BCUT2D eigenvalue weighted by molar-refractivity contribution is 5.63. The van der Waals surface area contributed by atoms with Gasteiger partial charge in [0, 0.05) is 6.07 Å². The molecule has 92 valence electrons. The van der Waals surface area contributed by atoms with E-state index in [0.29, 0.717) is 5.75 Å². The van der Waals surface area contributed by atoms with Crippen molar-refractivity contribution in [3.63, 3.8) is 0 Å². The molecule has 0 aliphatic carbocycles. The number of nitrogens with one attached hydrogen (secondary N) is 1. The number of methoxy groups -OCH3 is 2. The molecule has 0 fully saturated rings. The lowest BCUT2D eigenvalue weighted by Crippen LogP contribution is -2.28. The Kier molecular flexibility index (Phi) is 3.84. The predicted molar refractivity (Wildman–Crippen MR) is 67.6 cm³/mol. The SMILES string of the molecule is COc1cc(NC(C)(C)C#N)c(OC)cc1C. The minimum atomic E-state index is -0.659. The number of nitrogens with zero attached hydrogens (tertiary/aromatic N) is 1. The molecule has 0 amide bonds. The van der Waals surface area contributed by atoms with Gasteiger partial charge in [0.05, 0.1) is 26.0 Å². The molecule has 0 spiro atoms. The Hall–Kier alpha value is -1.89. The first-order chi connectivity index (χ1) is 7.93. The maximum absolute atomic E-state index is 9.02. The first kappa shape index (κ1) is 13.2. The van der Waals surface area contributed by atoms with Crippen LogP contribution in [0.25, 0.3) is 0 Å². The molecular formula is C13H18N2O2. The number of anilines is 1. The zero-order valence-corrected chi connectivity index (χ0v) is 10.9. The van der Waals surface area contributed by atoms with Crippen molar-refractivity contribution in [2.45, 2.75) is 26.3 Å². The molecule has 0 saturated heterocycles. The van der Waals surface area contributed by atoms with Crippen LogP contribution in [-0.2, 0) is 0 Å². The lowest BCUT2D eigenvalue weighted by molar-refractivity contribution is 0.401. The molecule has 0 aliphatic rings. The molecule has 1 rings (SSSR count). The summed E-state index contributed by atoms with van der Waals surface area (Å²) in [6, 6.07) is 5.91. The summed E-state index contributed by atoms with van der Waals surface area (Å²) in [5.41, 5.74) is 1.08. The number of ether oxygens (including phenoxy) is 2. The Morgan fingerprint density at radius 2 is 1.76 bits per heavy atom. The molecule has 0 aromatic heterocycles. The quantitative estimate of drug-likeness (QED) is 0.870. The maximum atomic E-state index is 9.02. The highest BCUT2D eigenvalue weighted by atomic mass is 16.5. The fourth-order valence-electron chi connectivity index (χ4n) is 1.51. The third-order valence-corrected chi connectivity index (χ3v) is 2.44. The monoisotopic (exact) mass is 234 g/mol. The van der Waals surface area contributed by atoms with Gasteiger partial charge in [0.1, 0.15) is 17.0 Å². The molecule has 0 heterocycles. The molecule has 0 saturated carbocycles. The third-order valence-electron chi connectivity index (χ3n) is 2.44. The highest BCUT2D eigenvalue weighted by Crippen LogP contribution is 2.33. The summed E-state index contributed by atoms with van der Waals surface area (Å²) in [7, 11) is 3.22. The summed E-state index contributed by atoms with van der Waals surface area (Å²) in [5, 5.41) is 12.1. The smallest absolute Gasteiger partial charge is 0.142 e. The van der Waals surface area contributed by atoms with Gasteiger partial charge in [-0.05, 0) is 32.4 Å². The van der Waals surface area contributed by atoms with Crippen molar-refractivity contribution in [1.29, 1.82) is 5.26 Å². The number of nitriles is 1. The van der Waals surface area contributed by atoms with Gasteiger partial charge in [-0.15, -0.1) is 0 Å². The number of hydrogen-bond acceptors (Lipinski definition) is 4. The maximum Gasteiger partial charge on any atom is 0.142 e. The van der Waals surface area contributed by atoms with Crippen LogP contribution in [0, 0.1) is 18.3 Å². The Morgan fingerprint density at radius 1 is 1.18 bits per heavy atom. The van der Waals surface area contributed by atoms with E-state index in [9.17, 15) is 0 Å². The molecule has 1 aromatic rings. The number of hydrogen-bond donors (Lipinski definition) is 1. The summed E-state index contributed by atoms with van der Waals surface area (Å²) < 4.78 is 10.5. The van der Waals surface area contributed by atoms with E-state index >= 15 is 0 Å². The lowest BCUT2D eigenvalue weighted by Gasteiger charge is -2.22. The van der Waals surface area contributed by atoms with Crippen molar-refractivity contribution < 1.29 is 9.47 Å². The van der Waals surface area contributed by atoms with E-state index in [2.05, 4.69) is 11.4 Å². The van der Waals surface area contributed by atoms with Crippen LogP contribution in [-0.4, -0.2) is 19.8 Å². The van der Waals surface area contributed by atoms with Crippen LogP contribution in [0.1, 0.15) is 19.4 Å². The van der Waals surface area contributed by atoms with Crippen molar-refractivity contribution in [2.75, 3.05) is 19.5 Å². The molecule has 0 bridgehead atoms. The summed E-state index contributed by atoms with van der Waals surface area (Å²) in [5.74, 6) is 1.47. The minimum absolute atomic E-state index is 0.659. The Labute approximate surface area is 102 Å². The number of aryl methyl sites for hydroxylation is 1. The van der Waals surface area contributed by atoms with E-state index < -0.39 is 5.54 Å². The summed E-state index contributed by atoms with van der Waals surface area (Å²) in [4.78, 5) is 0. The fourth-order valence-corrected chi connectivity index (χ4v) is 1.51. The standard InChI is InChI=1S/C13H18N2O2/c1-9-6-12(17-5)10(7-11(9)16-4)15-13(2,3)8-14/h6-7,15H,1-5H3. The highest BCUT2D eigenvalue weighted by Gasteiger charge is 2.19. The van der Waals surface area contributed by atoms with Gasteiger partial charge in [-0.2, -0.15) is 5.26 Å². The van der Waals surface area contributed by atoms with Gasteiger partial charge in [0.25, 0.3) is 0 Å². The zero-order chi connectivity index (χ0) is 13.1. The summed E-state index contributed by atoms with van der Waals surface area (Å²) in [6.07, 6.45) is 0. The van der Waals surface area contributed by atoms with Gasteiger partial charge in [0.15, 0.2) is 0 Å². The van der Waals surface area contributed by atoms with Crippen LogP contribution in [0.15, 0.2) is 12.1 Å². The molecule has 1 aromatic carbocycles. The van der Waals surface area contributed by atoms with Crippen LogP contribution in [0.4, 0.5) is 5.69 Å². The second-order valence-electron chi connectivity index (χ2n) is 4.38. The van der Waals surface area contributed by atoms with E-state index in [1.807, 2.05) is 19.1 Å². The minimum Gasteiger partial charge on any atom is -0.496 e. The molecular weight excluding hydrogens is 216 g/mol. The topological polar surface area (TPSA) is 54.3 Å². The Morgan fingerprint density at radius 3 is 2.24 bits per heavy atom. The first-order valence-corrected chi connectivity index (χ1v) is 5.35.